The molecule has 1 N–H and O–H groups in total. The number of nitrogens with one attached hydrogen (secondary N) is 1. The van der Waals surface area contributed by atoms with Crippen LogP contribution in [0.3, 0.4) is 0 Å². The van der Waals surface area contributed by atoms with E-state index in [1.165, 1.54) is 12.1 Å². The minimum atomic E-state index is -0.457. The third-order valence-electron chi connectivity index (χ3n) is 6.75. The lowest BCUT2D eigenvalue weighted by Gasteiger charge is -2.39. The van der Waals surface area contributed by atoms with Crippen molar-refractivity contribution in [2.75, 3.05) is 16.8 Å². The molecular weight excluding hydrogens is 455 g/mol. The Bertz CT molecular complexity index is 1410. The second-order valence-corrected chi connectivity index (χ2v) is 9.16. The molecule has 180 valence electrons. The molecule has 1 unspecified atom stereocenters. The van der Waals surface area contributed by atoms with Crippen LogP contribution < -0.4 is 10.2 Å². The topological polar surface area (TPSA) is 57.6 Å². The summed E-state index contributed by atoms with van der Waals surface area (Å²) in [7, 11) is 0. The number of amides is 3. The number of benzene rings is 3. The lowest BCUT2D eigenvalue weighted by Crippen LogP contribution is -2.48. The highest BCUT2D eigenvalue weighted by Gasteiger charge is 2.40. The quantitative estimate of drug-likeness (QED) is 0.396. The molecule has 7 heteroatoms. The van der Waals surface area contributed by atoms with Crippen molar-refractivity contribution in [3.63, 3.8) is 0 Å². The molecule has 1 fully saturated rings. The number of aromatic nitrogens is 1. The number of carbonyl (C=O) groups excluding carboxylic acids is 2. The van der Waals surface area contributed by atoms with Crippen LogP contribution in [0.15, 0.2) is 97.2 Å². The second-order valence-electron chi connectivity index (χ2n) is 9.16. The molecule has 4 aromatic rings. The highest BCUT2D eigenvalue weighted by molar-refractivity contribution is 6.01. The average molecular weight is 481 g/mol. The smallest absolute Gasteiger partial charge is 0.316 e. The maximum absolute atomic E-state index is 14.1. The van der Waals surface area contributed by atoms with Crippen LogP contribution >= 0.6 is 0 Å². The van der Waals surface area contributed by atoms with E-state index in [-0.39, 0.29) is 30.3 Å². The Hall–Kier alpha value is -4.39. The van der Waals surface area contributed by atoms with Gasteiger partial charge in [0.1, 0.15) is 18.4 Å². The number of para-hydroxylation sites is 3. The summed E-state index contributed by atoms with van der Waals surface area (Å²) in [6.45, 7) is -0.0595. The fraction of sp³-hybridized carbons (Fsp3) is 0.172. The van der Waals surface area contributed by atoms with Gasteiger partial charge < -0.3 is 14.8 Å². The summed E-state index contributed by atoms with van der Waals surface area (Å²) < 4.78 is 15.8. The maximum Gasteiger partial charge on any atom is 0.322 e. The summed E-state index contributed by atoms with van der Waals surface area (Å²) in [6, 6.07) is 26.4. The fourth-order valence-electron chi connectivity index (χ4n) is 4.91. The zero-order valence-electron chi connectivity index (χ0n) is 19.5. The molecule has 36 heavy (non-hydrogen) atoms. The predicted octanol–water partition coefficient (Wildman–Crippen LogP) is 5.75. The van der Waals surface area contributed by atoms with Crippen molar-refractivity contribution in [2.24, 2.45) is 0 Å². The van der Waals surface area contributed by atoms with Gasteiger partial charge in [0.05, 0.1) is 17.1 Å². The number of nitrogens with zero attached hydrogens (tertiary/aromatic N) is 3. The minimum absolute atomic E-state index is 0.0332. The van der Waals surface area contributed by atoms with Crippen molar-refractivity contribution >= 4 is 23.3 Å². The van der Waals surface area contributed by atoms with Gasteiger partial charge >= 0.3 is 6.03 Å². The number of anilines is 2. The van der Waals surface area contributed by atoms with E-state index in [0.717, 1.165) is 35.5 Å². The third kappa shape index (κ3) is 4.02. The third-order valence-corrected chi connectivity index (χ3v) is 6.75. The van der Waals surface area contributed by atoms with Gasteiger partial charge in [0.15, 0.2) is 0 Å². The zero-order valence-corrected chi connectivity index (χ0v) is 19.5. The van der Waals surface area contributed by atoms with Crippen LogP contribution in [0.4, 0.5) is 20.6 Å². The van der Waals surface area contributed by atoms with Crippen molar-refractivity contribution in [1.82, 2.24) is 9.47 Å². The number of hydrogen-bond acceptors (Lipinski definition) is 2. The van der Waals surface area contributed by atoms with Crippen LogP contribution in [0, 0.1) is 5.82 Å². The minimum Gasteiger partial charge on any atom is -0.316 e. The van der Waals surface area contributed by atoms with Crippen LogP contribution in [0.25, 0.3) is 5.69 Å². The average Bonchev–Trinajstić information content (AvgIpc) is 3.62. The van der Waals surface area contributed by atoms with Crippen molar-refractivity contribution in [2.45, 2.75) is 24.9 Å². The monoisotopic (exact) mass is 480 g/mol. The van der Waals surface area contributed by atoms with E-state index in [2.05, 4.69) is 9.88 Å². The van der Waals surface area contributed by atoms with Crippen LogP contribution in [0.5, 0.6) is 0 Å². The molecule has 6 nitrogen and oxygen atoms in total. The molecule has 1 aliphatic heterocycles. The molecule has 2 heterocycles. The fourth-order valence-corrected chi connectivity index (χ4v) is 4.91. The first-order valence-corrected chi connectivity index (χ1v) is 12.1. The van der Waals surface area contributed by atoms with Gasteiger partial charge in [-0.3, -0.25) is 9.69 Å². The molecular formula is C29H25FN4O2. The van der Waals surface area contributed by atoms with Crippen LogP contribution in [0.2, 0.25) is 0 Å². The molecule has 2 aliphatic rings. The Balaban J connectivity index is 1.37. The molecule has 1 atom stereocenters. The van der Waals surface area contributed by atoms with Gasteiger partial charge in [-0.1, -0.05) is 42.5 Å². The van der Waals surface area contributed by atoms with E-state index in [4.69, 9.17) is 0 Å². The van der Waals surface area contributed by atoms with E-state index >= 15 is 0 Å². The lowest BCUT2D eigenvalue weighted by molar-refractivity contribution is -0.119. The summed E-state index contributed by atoms with van der Waals surface area (Å²) in [6.07, 6.45) is 3.71. The van der Waals surface area contributed by atoms with Crippen molar-refractivity contribution < 1.29 is 14.0 Å². The van der Waals surface area contributed by atoms with Gasteiger partial charge in [-0.25, -0.2) is 9.18 Å². The molecule has 0 saturated heterocycles. The summed E-state index contributed by atoms with van der Waals surface area (Å²) in [4.78, 5) is 30.7. The maximum atomic E-state index is 14.1. The Labute approximate surface area is 208 Å². The Morgan fingerprint density at radius 3 is 2.28 bits per heavy atom. The number of carbonyl (C=O) groups is 2. The van der Waals surface area contributed by atoms with Gasteiger partial charge in [-0.15, -0.1) is 0 Å². The predicted molar refractivity (Wildman–Crippen MR) is 137 cm³/mol. The van der Waals surface area contributed by atoms with Crippen molar-refractivity contribution in [1.29, 1.82) is 0 Å². The van der Waals surface area contributed by atoms with E-state index in [1.54, 1.807) is 21.9 Å². The lowest BCUT2D eigenvalue weighted by atomic mass is 9.97. The summed E-state index contributed by atoms with van der Waals surface area (Å²) in [5, 5.41) is 2.92. The molecule has 1 aliphatic carbocycles. The normalized spacial score (nSPS) is 16.1. The zero-order chi connectivity index (χ0) is 24.6. The summed E-state index contributed by atoms with van der Waals surface area (Å²) in [5.74, 6) is -0.528. The molecule has 0 bridgehead atoms. The van der Waals surface area contributed by atoms with E-state index in [0.29, 0.717) is 5.69 Å². The van der Waals surface area contributed by atoms with Gasteiger partial charge in [-0.05, 0) is 66.9 Å². The van der Waals surface area contributed by atoms with Gasteiger partial charge in [0, 0.05) is 17.9 Å². The second kappa shape index (κ2) is 9.00. The number of halogens is 1. The van der Waals surface area contributed by atoms with Crippen LogP contribution in [-0.2, 0) is 4.79 Å². The van der Waals surface area contributed by atoms with Gasteiger partial charge in [0.2, 0.25) is 5.91 Å². The molecule has 3 aromatic carbocycles. The number of urea groups is 1. The first kappa shape index (κ1) is 22.1. The Morgan fingerprint density at radius 1 is 0.861 bits per heavy atom. The highest BCUT2D eigenvalue weighted by Crippen LogP contribution is 2.42. The van der Waals surface area contributed by atoms with E-state index < -0.39 is 6.04 Å². The summed E-state index contributed by atoms with van der Waals surface area (Å²) in [5.41, 5.74) is 4.02. The highest BCUT2D eigenvalue weighted by atomic mass is 19.1. The van der Waals surface area contributed by atoms with Gasteiger partial charge in [0.25, 0.3) is 0 Å². The van der Waals surface area contributed by atoms with Crippen LogP contribution in [-0.4, -0.2) is 34.0 Å². The van der Waals surface area contributed by atoms with E-state index in [9.17, 15) is 14.0 Å². The number of fused-ring (bicyclic) bond motifs is 3. The number of rotatable bonds is 5. The Kier molecular flexibility index (Phi) is 5.52. The SMILES string of the molecule is O=C(Nc1ccccc1)N(CC(=O)N1c2ccccc2-n2cccc2C1c1ccc(F)cc1)C1CC1. The number of hydrogen-bond donors (Lipinski definition) is 1. The molecule has 1 aromatic heterocycles. The molecule has 0 radical (unpaired) electrons. The first-order chi connectivity index (χ1) is 17.6. The standard InChI is InChI=1S/C29H25FN4O2/c30-21-14-12-20(13-15-21)28-26-11-6-18-32(26)24-9-4-5-10-25(24)34(28)27(35)19-33(23-16-17-23)29(36)31-22-7-2-1-3-8-22/h1-15,18,23,28H,16-17,19H2,(H,31,36). The molecule has 0 spiro atoms. The summed E-state index contributed by atoms with van der Waals surface area (Å²) >= 11 is 0. The molecule has 6 rings (SSSR count). The molecule has 1 saturated carbocycles. The van der Waals surface area contributed by atoms with Gasteiger partial charge in [-0.2, -0.15) is 0 Å². The largest absolute Gasteiger partial charge is 0.322 e. The van der Waals surface area contributed by atoms with E-state index in [1.807, 2.05) is 72.9 Å². The first-order valence-electron chi connectivity index (χ1n) is 12.1. The Morgan fingerprint density at radius 2 is 1.56 bits per heavy atom. The van der Waals surface area contributed by atoms with Crippen molar-refractivity contribution in [3.05, 3.63) is 114 Å². The molecule has 3 amide bonds. The van der Waals surface area contributed by atoms with Crippen LogP contribution in [0.1, 0.15) is 30.1 Å². The van der Waals surface area contributed by atoms with Crippen molar-refractivity contribution in [3.8, 4) is 5.69 Å².